The molecule has 0 amide bonds. The fraction of sp³-hybridized carbons (Fsp3) is 0.500. The Balaban J connectivity index is 1.81. The zero-order chi connectivity index (χ0) is 12.8. The zero-order valence-corrected chi connectivity index (χ0v) is 12.3. The third-order valence-electron chi connectivity index (χ3n) is 2.88. The van der Waals surface area contributed by atoms with Crippen LogP contribution in [0.2, 0.25) is 0 Å². The van der Waals surface area contributed by atoms with Crippen LogP contribution in [0.1, 0.15) is 31.2 Å². The van der Waals surface area contributed by atoms with E-state index in [1.54, 1.807) is 0 Å². The molecule has 0 aliphatic heterocycles. The maximum Gasteiger partial charge on any atom is 0.166 e. The number of aromatic nitrogens is 2. The number of aromatic amines is 1. The van der Waals surface area contributed by atoms with E-state index in [-0.39, 0.29) is 0 Å². The minimum atomic E-state index is 0.788. The quantitative estimate of drug-likeness (QED) is 0.450. The highest BCUT2D eigenvalue weighted by atomic mass is 35.5. The van der Waals surface area contributed by atoms with E-state index in [4.69, 9.17) is 11.6 Å². The Kier molecular flexibility index (Phi) is 5.39. The molecule has 0 bridgehead atoms. The molecule has 1 aromatic heterocycles. The number of alkyl halides is 1. The van der Waals surface area contributed by atoms with Crippen LogP contribution in [0.3, 0.4) is 0 Å². The molecule has 0 unspecified atom stereocenters. The fourth-order valence-electron chi connectivity index (χ4n) is 1.89. The van der Waals surface area contributed by atoms with Crippen LogP contribution in [-0.4, -0.2) is 21.6 Å². The number of benzene rings is 1. The second-order valence-electron chi connectivity index (χ2n) is 4.51. The summed E-state index contributed by atoms with van der Waals surface area (Å²) in [7, 11) is 0. The number of unbranched alkanes of at least 4 members (excludes halogenated alkanes) is 3. The highest BCUT2D eigenvalue weighted by Gasteiger charge is 2.02. The van der Waals surface area contributed by atoms with Crippen molar-refractivity contribution in [3.63, 3.8) is 0 Å². The van der Waals surface area contributed by atoms with Gasteiger partial charge in [-0.2, -0.15) is 0 Å². The molecule has 4 heteroatoms. The molecule has 0 atom stereocenters. The van der Waals surface area contributed by atoms with Gasteiger partial charge in [-0.1, -0.05) is 30.7 Å². The lowest BCUT2D eigenvalue weighted by molar-refractivity contribution is 0.709. The highest BCUT2D eigenvalue weighted by molar-refractivity contribution is 7.99. The first kappa shape index (κ1) is 13.8. The van der Waals surface area contributed by atoms with Gasteiger partial charge in [-0.05, 0) is 37.5 Å². The summed E-state index contributed by atoms with van der Waals surface area (Å²) in [5.41, 5.74) is 3.47. The molecule has 98 valence electrons. The third kappa shape index (κ3) is 3.92. The van der Waals surface area contributed by atoms with Crippen LogP contribution in [0.15, 0.2) is 23.4 Å². The maximum absolute atomic E-state index is 5.65. The molecule has 2 rings (SSSR count). The van der Waals surface area contributed by atoms with Crippen molar-refractivity contribution >= 4 is 34.4 Å². The predicted molar refractivity (Wildman–Crippen MR) is 80.7 cm³/mol. The Morgan fingerprint density at radius 1 is 1.22 bits per heavy atom. The molecule has 0 aliphatic carbocycles. The summed E-state index contributed by atoms with van der Waals surface area (Å²) in [6.07, 6.45) is 4.87. The molecular formula is C14H19ClN2S. The minimum Gasteiger partial charge on any atom is -0.333 e. The summed E-state index contributed by atoms with van der Waals surface area (Å²) in [6.45, 7) is 2.10. The summed E-state index contributed by atoms with van der Waals surface area (Å²) in [4.78, 5) is 7.94. The van der Waals surface area contributed by atoms with Gasteiger partial charge in [-0.15, -0.1) is 11.6 Å². The Morgan fingerprint density at radius 2 is 2.06 bits per heavy atom. The number of imidazole rings is 1. The molecule has 0 fully saturated rings. The number of fused-ring (bicyclic) bond motifs is 1. The summed E-state index contributed by atoms with van der Waals surface area (Å²) in [6, 6.07) is 6.32. The monoisotopic (exact) mass is 282 g/mol. The van der Waals surface area contributed by atoms with E-state index in [0.29, 0.717) is 0 Å². The van der Waals surface area contributed by atoms with Crippen molar-refractivity contribution < 1.29 is 0 Å². The molecule has 0 aliphatic rings. The van der Waals surface area contributed by atoms with Gasteiger partial charge in [0, 0.05) is 11.6 Å². The number of H-pyrrole nitrogens is 1. The molecule has 2 nitrogen and oxygen atoms in total. The summed E-state index contributed by atoms with van der Waals surface area (Å²) < 4.78 is 0. The van der Waals surface area contributed by atoms with Gasteiger partial charge in [0.15, 0.2) is 5.16 Å². The number of thioether (sulfide) groups is 1. The van der Waals surface area contributed by atoms with Gasteiger partial charge in [-0.25, -0.2) is 4.98 Å². The molecule has 0 radical (unpaired) electrons. The summed E-state index contributed by atoms with van der Waals surface area (Å²) >= 11 is 7.46. The zero-order valence-electron chi connectivity index (χ0n) is 10.7. The first-order valence-corrected chi connectivity index (χ1v) is 7.97. The number of nitrogens with one attached hydrogen (secondary N) is 1. The fourth-order valence-corrected chi connectivity index (χ4v) is 2.96. The molecular weight excluding hydrogens is 264 g/mol. The van der Waals surface area contributed by atoms with Crippen LogP contribution < -0.4 is 0 Å². The largest absolute Gasteiger partial charge is 0.333 e. The molecule has 0 saturated carbocycles. The number of nitrogens with zero attached hydrogens (tertiary/aromatic N) is 1. The van der Waals surface area contributed by atoms with Gasteiger partial charge in [0.2, 0.25) is 0 Å². The van der Waals surface area contributed by atoms with Crippen LogP contribution in [0.25, 0.3) is 11.0 Å². The minimum absolute atomic E-state index is 0.788. The highest BCUT2D eigenvalue weighted by Crippen LogP contribution is 2.21. The van der Waals surface area contributed by atoms with Crippen LogP contribution in [0, 0.1) is 6.92 Å². The van der Waals surface area contributed by atoms with Crippen molar-refractivity contribution in [2.24, 2.45) is 0 Å². The first-order chi connectivity index (χ1) is 8.79. The van der Waals surface area contributed by atoms with Gasteiger partial charge in [0.05, 0.1) is 11.0 Å². The molecule has 0 spiro atoms. The Morgan fingerprint density at radius 3 is 2.89 bits per heavy atom. The van der Waals surface area contributed by atoms with E-state index < -0.39 is 0 Å². The standard InChI is InChI=1S/C14H19ClN2S/c1-11-6-7-12-13(10-11)17-14(16-12)18-9-5-3-2-4-8-15/h6-7,10H,2-5,8-9H2,1H3,(H,16,17). The number of hydrogen-bond acceptors (Lipinski definition) is 2. The van der Waals surface area contributed by atoms with E-state index in [0.717, 1.165) is 34.2 Å². The molecule has 2 aromatic rings. The average molecular weight is 283 g/mol. The van der Waals surface area contributed by atoms with Crippen molar-refractivity contribution in [3.8, 4) is 0 Å². The van der Waals surface area contributed by atoms with E-state index in [1.165, 1.54) is 24.8 Å². The second kappa shape index (κ2) is 7.05. The van der Waals surface area contributed by atoms with Gasteiger partial charge >= 0.3 is 0 Å². The maximum atomic E-state index is 5.65. The average Bonchev–Trinajstić information content (AvgIpc) is 2.75. The van der Waals surface area contributed by atoms with Crippen LogP contribution in [0.5, 0.6) is 0 Å². The van der Waals surface area contributed by atoms with Crippen molar-refractivity contribution in [2.75, 3.05) is 11.6 Å². The number of halogens is 1. The van der Waals surface area contributed by atoms with Gasteiger partial charge in [0.25, 0.3) is 0 Å². The van der Waals surface area contributed by atoms with Crippen LogP contribution in [-0.2, 0) is 0 Å². The van der Waals surface area contributed by atoms with E-state index in [2.05, 4.69) is 35.1 Å². The second-order valence-corrected chi connectivity index (χ2v) is 5.98. The smallest absolute Gasteiger partial charge is 0.166 e. The first-order valence-electron chi connectivity index (χ1n) is 6.45. The topological polar surface area (TPSA) is 28.7 Å². The lowest BCUT2D eigenvalue weighted by atomic mass is 10.2. The van der Waals surface area contributed by atoms with Crippen molar-refractivity contribution in [1.82, 2.24) is 9.97 Å². The SMILES string of the molecule is Cc1ccc2nc(SCCCCCCCl)[nH]c2c1. The normalized spacial score (nSPS) is 11.2. The molecule has 1 N–H and O–H groups in total. The Labute approximate surface area is 118 Å². The molecule has 0 saturated heterocycles. The Hall–Kier alpha value is -0.670. The van der Waals surface area contributed by atoms with Crippen molar-refractivity contribution in [3.05, 3.63) is 23.8 Å². The number of hydrogen-bond donors (Lipinski definition) is 1. The van der Waals surface area contributed by atoms with E-state index in [1.807, 2.05) is 11.8 Å². The van der Waals surface area contributed by atoms with Crippen molar-refractivity contribution in [2.45, 2.75) is 37.8 Å². The van der Waals surface area contributed by atoms with E-state index in [9.17, 15) is 0 Å². The lowest BCUT2D eigenvalue weighted by Crippen LogP contribution is -1.84. The van der Waals surface area contributed by atoms with Gasteiger partial charge in [-0.3, -0.25) is 0 Å². The predicted octanol–water partition coefficient (Wildman–Crippen LogP) is 4.76. The molecule has 18 heavy (non-hydrogen) atoms. The number of rotatable bonds is 7. The van der Waals surface area contributed by atoms with Gasteiger partial charge < -0.3 is 4.98 Å². The molecule has 1 heterocycles. The van der Waals surface area contributed by atoms with Crippen LogP contribution in [0.4, 0.5) is 0 Å². The van der Waals surface area contributed by atoms with Gasteiger partial charge in [0.1, 0.15) is 0 Å². The van der Waals surface area contributed by atoms with Crippen LogP contribution >= 0.6 is 23.4 Å². The van der Waals surface area contributed by atoms with Crippen molar-refractivity contribution in [1.29, 1.82) is 0 Å². The van der Waals surface area contributed by atoms with E-state index >= 15 is 0 Å². The third-order valence-corrected chi connectivity index (χ3v) is 4.11. The number of aryl methyl sites for hydroxylation is 1. The summed E-state index contributed by atoms with van der Waals surface area (Å²) in [5, 5.41) is 1.04. The molecule has 1 aromatic carbocycles. The summed E-state index contributed by atoms with van der Waals surface area (Å²) in [5.74, 6) is 1.91. The Bertz CT molecular complexity index is 495. The lowest BCUT2D eigenvalue weighted by Gasteiger charge is -1.98.